The van der Waals surface area contributed by atoms with Crippen molar-refractivity contribution < 1.29 is 14.7 Å². The largest absolute Gasteiger partial charge is 0.478 e. The lowest BCUT2D eigenvalue weighted by molar-refractivity contribution is 0.0697. The van der Waals surface area contributed by atoms with Crippen molar-refractivity contribution >= 4 is 23.5 Å². The molecule has 130 valence electrons. The molecule has 0 saturated carbocycles. The van der Waals surface area contributed by atoms with E-state index in [1.165, 1.54) is 12.1 Å². The van der Waals surface area contributed by atoms with Crippen LogP contribution in [0.15, 0.2) is 48.5 Å². The number of carbonyl (C=O) groups is 2. The van der Waals surface area contributed by atoms with Crippen LogP contribution in [-0.2, 0) is 0 Å². The summed E-state index contributed by atoms with van der Waals surface area (Å²) in [5, 5.41) is 12.8. The van der Waals surface area contributed by atoms with Crippen molar-refractivity contribution in [1.82, 2.24) is 10.2 Å². The number of amides is 1. The fourth-order valence-electron chi connectivity index (χ4n) is 3.29. The summed E-state index contributed by atoms with van der Waals surface area (Å²) in [6.45, 7) is 0.868. The van der Waals surface area contributed by atoms with Crippen LogP contribution in [0.4, 0.5) is 0 Å². The van der Waals surface area contributed by atoms with E-state index in [0.717, 1.165) is 18.5 Å². The molecule has 2 aromatic rings. The Balaban J connectivity index is 1.79. The second-order valence-electron chi connectivity index (χ2n) is 6.23. The maximum Gasteiger partial charge on any atom is 0.335 e. The van der Waals surface area contributed by atoms with Crippen LogP contribution in [0, 0.1) is 0 Å². The van der Waals surface area contributed by atoms with Gasteiger partial charge in [0.25, 0.3) is 5.91 Å². The number of carboxylic acids is 1. The van der Waals surface area contributed by atoms with E-state index >= 15 is 0 Å². The average molecular weight is 359 g/mol. The second-order valence-corrected chi connectivity index (χ2v) is 6.67. The minimum Gasteiger partial charge on any atom is -0.478 e. The third-order valence-electron chi connectivity index (χ3n) is 4.55. The number of aromatic carboxylic acids is 1. The predicted octanol–water partition coefficient (Wildman–Crippen LogP) is 3.21. The van der Waals surface area contributed by atoms with E-state index in [9.17, 15) is 9.59 Å². The van der Waals surface area contributed by atoms with Gasteiger partial charge in [-0.2, -0.15) is 0 Å². The van der Waals surface area contributed by atoms with Gasteiger partial charge in [0.1, 0.15) is 0 Å². The van der Waals surface area contributed by atoms with Crippen LogP contribution in [0.5, 0.6) is 0 Å². The van der Waals surface area contributed by atoms with Gasteiger partial charge in [-0.1, -0.05) is 29.8 Å². The van der Waals surface area contributed by atoms with Crippen LogP contribution >= 0.6 is 11.6 Å². The Morgan fingerprint density at radius 2 is 1.84 bits per heavy atom. The molecule has 2 aromatic carbocycles. The molecule has 1 fully saturated rings. The highest BCUT2D eigenvalue weighted by Gasteiger charge is 2.34. The Morgan fingerprint density at radius 1 is 1.16 bits per heavy atom. The van der Waals surface area contributed by atoms with E-state index in [1.54, 1.807) is 12.1 Å². The standard InChI is InChI=1S/C19H19ClN2O3/c1-22-10-9-16(17(22)12-5-7-15(20)8-6-12)21-18(23)13-3-2-4-14(11-13)19(24)25/h2-8,11,16-17H,9-10H2,1H3,(H,21,23)(H,24,25). The van der Waals surface area contributed by atoms with Gasteiger partial charge in [-0.3, -0.25) is 9.69 Å². The SMILES string of the molecule is CN1CCC(NC(=O)c2cccc(C(=O)O)c2)C1c1ccc(Cl)cc1. The van der Waals surface area contributed by atoms with Crippen LogP contribution in [0.1, 0.15) is 38.7 Å². The number of hydrogen-bond acceptors (Lipinski definition) is 3. The van der Waals surface area contributed by atoms with Crippen molar-refractivity contribution in [1.29, 1.82) is 0 Å². The van der Waals surface area contributed by atoms with Gasteiger partial charge >= 0.3 is 5.97 Å². The average Bonchev–Trinajstić information content (AvgIpc) is 2.96. The molecule has 0 spiro atoms. The molecule has 0 bridgehead atoms. The van der Waals surface area contributed by atoms with Crippen LogP contribution in [-0.4, -0.2) is 41.5 Å². The van der Waals surface area contributed by atoms with Crippen molar-refractivity contribution in [3.8, 4) is 0 Å². The number of nitrogens with zero attached hydrogens (tertiary/aromatic N) is 1. The van der Waals surface area contributed by atoms with Crippen molar-refractivity contribution in [2.45, 2.75) is 18.5 Å². The van der Waals surface area contributed by atoms with Crippen molar-refractivity contribution in [3.63, 3.8) is 0 Å². The zero-order valence-electron chi connectivity index (χ0n) is 13.8. The summed E-state index contributed by atoms with van der Waals surface area (Å²) in [4.78, 5) is 25.8. The van der Waals surface area contributed by atoms with Gasteiger partial charge in [0, 0.05) is 17.1 Å². The van der Waals surface area contributed by atoms with Crippen LogP contribution < -0.4 is 5.32 Å². The molecule has 1 heterocycles. The summed E-state index contributed by atoms with van der Waals surface area (Å²) in [5.41, 5.74) is 1.55. The molecule has 0 radical (unpaired) electrons. The molecule has 1 aliphatic rings. The Labute approximate surface area is 151 Å². The molecule has 5 nitrogen and oxygen atoms in total. The Morgan fingerprint density at radius 3 is 2.52 bits per heavy atom. The van der Waals surface area contributed by atoms with Gasteiger partial charge in [0.15, 0.2) is 0 Å². The number of rotatable bonds is 4. The Bertz CT molecular complexity index is 792. The lowest BCUT2D eigenvalue weighted by Gasteiger charge is -2.26. The van der Waals surface area contributed by atoms with E-state index in [-0.39, 0.29) is 23.6 Å². The maximum absolute atomic E-state index is 12.6. The molecule has 0 aromatic heterocycles. The molecular weight excluding hydrogens is 340 g/mol. The number of carbonyl (C=O) groups excluding carboxylic acids is 1. The number of nitrogens with one attached hydrogen (secondary N) is 1. The topological polar surface area (TPSA) is 69.6 Å². The van der Waals surface area contributed by atoms with Crippen molar-refractivity contribution in [2.75, 3.05) is 13.6 Å². The van der Waals surface area contributed by atoms with Gasteiger partial charge in [-0.25, -0.2) is 4.79 Å². The first-order valence-corrected chi connectivity index (χ1v) is 8.43. The van der Waals surface area contributed by atoms with Gasteiger partial charge < -0.3 is 10.4 Å². The first-order chi connectivity index (χ1) is 12.0. The van der Waals surface area contributed by atoms with E-state index in [4.69, 9.17) is 16.7 Å². The minimum atomic E-state index is -1.05. The molecule has 1 saturated heterocycles. The van der Waals surface area contributed by atoms with Gasteiger partial charge in [0.05, 0.1) is 17.6 Å². The number of halogens is 1. The fraction of sp³-hybridized carbons (Fsp3) is 0.263. The third-order valence-corrected chi connectivity index (χ3v) is 4.80. The lowest BCUT2D eigenvalue weighted by Crippen LogP contribution is -2.39. The highest BCUT2D eigenvalue weighted by atomic mass is 35.5. The summed E-state index contributed by atoms with van der Waals surface area (Å²) in [6.07, 6.45) is 0.828. The number of likely N-dealkylation sites (tertiary alicyclic amines) is 1. The third kappa shape index (κ3) is 3.83. The maximum atomic E-state index is 12.6. The lowest BCUT2D eigenvalue weighted by atomic mass is 9.99. The molecule has 1 amide bonds. The minimum absolute atomic E-state index is 0.0489. The predicted molar refractivity (Wildman–Crippen MR) is 96.1 cm³/mol. The Kier molecular flexibility index (Phi) is 5.06. The molecule has 0 aliphatic carbocycles. The molecule has 2 atom stereocenters. The zero-order valence-corrected chi connectivity index (χ0v) is 14.5. The monoisotopic (exact) mass is 358 g/mol. The van der Waals surface area contributed by atoms with E-state index < -0.39 is 5.97 Å². The zero-order chi connectivity index (χ0) is 18.0. The normalized spacial score (nSPS) is 20.4. The van der Waals surface area contributed by atoms with E-state index in [0.29, 0.717) is 10.6 Å². The first-order valence-electron chi connectivity index (χ1n) is 8.05. The summed E-state index contributed by atoms with van der Waals surface area (Å²) >= 11 is 5.96. The number of carboxylic acid groups (broad SMARTS) is 1. The molecule has 1 aliphatic heterocycles. The molecule has 3 rings (SSSR count). The van der Waals surface area contributed by atoms with Gasteiger partial charge in [-0.15, -0.1) is 0 Å². The fourth-order valence-corrected chi connectivity index (χ4v) is 3.42. The smallest absolute Gasteiger partial charge is 0.335 e. The second kappa shape index (κ2) is 7.25. The van der Waals surface area contributed by atoms with E-state index in [2.05, 4.69) is 10.2 Å². The van der Waals surface area contributed by atoms with Crippen LogP contribution in [0.2, 0.25) is 5.02 Å². The number of hydrogen-bond donors (Lipinski definition) is 2. The first kappa shape index (κ1) is 17.5. The number of likely N-dealkylation sites (N-methyl/N-ethyl adjacent to an activating group) is 1. The van der Waals surface area contributed by atoms with Crippen LogP contribution in [0.3, 0.4) is 0 Å². The quantitative estimate of drug-likeness (QED) is 0.880. The molecule has 25 heavy (non-hydrogen) atoms. The highest BCUT2D eigenvalue weighted by molar-refractivity contribution is 6.30. The van der Waals surface area contributed by atoms with Crippen molar-refractivity contribution in [3.05, 3.63) is 70.2 Å². The van der Waals surface area contributed by atoms with Crippen molar-refractivity contribution in [2.24, 2.45) is 0 Å². The number of benzene rings is 2. The summed E-state index contributed by atoms with van der Waals surface area (Å²) < 4.78 is 0. The summed E-state index contributed by atoms with van der Waals surface area (Å²) in [7, 11) is 2.02. The van der Waals surface area contributed by atoms with E-state index in [1.807, 2.05) is 31.3 Å². The summed E-state index contributed by atoms with van der Waals surface area (Å²) in [6, 6.07) is 13.7. The van der Waals surface area contributed by atoms with Gasteiger partial charge in [0.2, 0.25) is 0 Å². The van der Waals surface area contributed by atoms with Gasteiger partial charge in [-0.05, 0) is 49.4 Å². The molecule has 2 N–H and O–H groups in total. The molecule has 6 heteroatoms. The molecular formula is C19H19ClN2O3. The Hall–Kier alpha value is -2.37. The highest BCUT2D eigenvalue weighted by Crippen LogP contribution is 2.31. The van der Waals surface area contributed by atoms with Crippen LogP contribution in [0.25, 0.3) is 0 Å². The summed E-state index contributed by atoms with van der Waals surface area (Å²) in [5.74, 6) is -1.31. The molecule has 2 unspecified atom stereocenters.